The Morgan fingerprint density at radius 2 is 2.17 bits per heavy atom. The molecule has 1 heterocycles. The van der Waals surface area contributed by atoms with E-state index in [1.54, 1.807) is 18.2 Å². The largest absolute Gasteiger partial charge is 0.322 e. The lowest BCUT2D eigenvalue weighted by Gasteiger charge is -2.17. The van der Waals surface area contributed by atoms with Gasteiger partial charge in [0.2, 0.25) is 5.91 Å². The molecule has 0 bridgehead atoms. The van der Waals surface area contributed by atoms with E-state index in [0.717, 1.165) is 13.0 Å². The minimum Gasteiger partial charge on any atom is -0.322 e. The molecule has 3 unspecified atom stereocenters. The molecule has 0 aromatic heterocycles. The maximum atomic E-state index is 13.5. The molecule has 1 aromatic rings. The average Bonchev–Trinajstić information content (AvgIpc) is 2.93. The van der Waals surface area contributed by atoms with Gasteiger partial charge in [-0.25, -0.2) is 4.39 Å². The molecular weight excluding hydrogens is 231 g/mol. The van der Waals surface area contributed by atoms with E-state index >= 15 is 0 Å². The molecule has 1 aromatic carbocycles. The molecule has 1 saturated carbocycles. The van der Waals surface area contributed by atoms with Crippen molar-refractivity contribution in [1.29, 1.82) is 0 Å². The van der Waals surface area contributed by atoms with E-state index < -0.39 is 0 Å². The first kappa shape index (κ1) is 11.7. The first-order chi connectivity index (χ1) is 8.75. The van der Waals surface area contributed by atoms with E-state index in [-0.39, 0.29) is 23.5 Å². The second kappa shape index (κ2) is 4.69. The monoisotopic (exact) mass is 248 g/mol. The number of fused-ring (bicyclic) bond motifs is 1. The van der Waals surface area contributed by atoms with Crippen molar-refractivity contribution in [2.75, 3.05) is 11.9 Å². The number of halogens is 1. The number of carbonyl (C=O) groups is 1. The number of carbonyl (C=O) groups excluding carboxylic acids is 1. The highest BCUT2D eigenvalue weighted by atomic mass is 19.1. The first-order valence-electron chi connectivity index (χ1n) is 6.54. The molecule has 96 valence electrons. The molecule has 2 N–H and O–H groups in total. The molecule has 0 radical (unpaired) electrons. The summed E-state index contributed by atoms with van der Waals surface area (Å²) in [7, 11) is 0. The zero-order chi connectivity index (χ0) is 12.5. The SMILES string of the molecule is O=C(Nc1ccccc1F)C1NCC2CCCC21. The number of hydrogen-bond donors (Lipinski definition) is 2. The van der Waals surface area contributed by atoms with E-state index in [1.165, 1.54) is 18.9 Å². The lowest BCUT2D eigenvalue weighted by molar-refractivity contribution is -0.118. The molecule has 0 spiro atoms. The Morgan fingerprint density at radius 1 is 1.33 bits per heavy atom. The zero-order valence-electron chi connectivity index (χ0n) is 10.2. The van der Waals surface area contributed by atoms with E-state index in [1.807, 2.05) is 0 Å². The minimum absolute atomic E-state index is 0.102. The lowest BCUT2D eigenvalue weighted by Crippen LogP contribution is -2.39. The highest BCUT2D eigenvalue weighted by Crippen LogP contribution is 2.38. The molecule has 1 amide bonds. The van der Waals surface area contributed by atoms with Crippen molar-refractivity contribution >= 4 is 11.6 Å². The summed E-state index contributed by atoms with van der Waals surface area (Å²) in [6.07, 6.45) is 3.52. The van der Waals surface area contributed by atoms with Crippen molar-refractivity contribution in [3.8, 4) is 0 Å². The highest BCUT2D eigenvalue weighted by Gasteiger charge is 2.42. The van der Waals surface area contributed by atoms with Crippen molar-refractivity contribution < 1.29 is 9.18 Å². The molecular formula is C14H17FN2O. The van der Waals surface area contributed by atoms with Crippen LogP contribution in [0.2, 0.25) is 0 Å². The first-order valence-corrected chi connectivity index (χ1v) is 6.54. The van der Waals surface area contributed by atoms with Gasteiger partial charge in [-0.1, -0.05) is 18.6 Å². The summed E-state index contributed by atoms with van der Waals surface area (Å²) in [6.45, 7) is 0.917. The van der Waals surface area contributed by atoms with Gasteiger partial charge in [-0.2, -0.15) is 0 Å². The number of hydrogen-bond acceptors (Lipinski definition) is 2. The van der Waals surface area contributed by atoms with Crippen LogP contribution >= 0.6 is 0 Å². The summed E-state index contributed by atoms with van der Waals surface area (Å²) < 4.78 is 13.5. The Labute approximate surface area is 106 Å². The molecule has 3 nitrogen and oxygen atoms in total. The minimum atomic E-state index is -0.383. The number of amides is 1. The van der Waals surface area contributed by atoms with Crippen LogP contribution in [-0.4, -0.2) is 18.5 Å². The fourth-order valence-corrected chi connectivity index (χ4v) is 3.25. The van der Waals surface area contributed by atoms with Crippen molar-refractivity contribution in [1.82, 2.24) is 5.32 Å². The second-order valence-electron chi connectivity index (χ2n) is 5.21. The molecule has 1 aliphatic carbocycles. The molecule has 18 heavy (non-hydrogen) atoms. The highest BCUT2D eigenvalue weighted by molar-refractivity contribution is 5.95. The van der Waals surface area contributed by atoms with Crippen LogP contribution in [0.3, 0.4) is 0 Å². The van der Waals surface area contributed by atoms with Crippen LogP contribution in [0, 0.1) is 17.7 Å². The van der Waals surface area contributed by atoms with Crippen LogP contribution in [0.5, 0.6) is 0 Å². The maximum absolute atomic E-state index is 13.5. The maximum Gasteiger partial charge on any atom is 0.241 e. The van der Waals surface area contributed by atoms with Gasteiger partial charge in [0.05, 0.1) is 11.7 Å². The van der Waals surface area contributed by atoms with Gasteiger partial charge in [0.15, 0.2) is 0 Å². The summed E-state index contributed by atoms with van der Waals surface area (Å²) in [6, 6.07) is 6.13. The third-order valence-corrected chi connectivity index (χ3v) is 4.16. The Morgan fingerprint density at radius 3 is 3.00 bits per heavy atom. The van der Waals surface area contributed by atoms with Crippen LogP contribution in [0.25, 0.3) is 0 Å². The van der Waals surface area contributed by atoms with Gasteiger partial charge in [-0.05, 0) is 43.4 Å². The van der Waals surface area contributed by atoms with Gasteiger partial charge in [0.25, 0.3) is 0 Å². The molecule has 2 fully saturated rings. The predicted octanol–water partition coefficient (Wildman–Crippen LogP) is 2.15. The van der Waals surface area contributed by atoms with Gasteiger partial charge in [0.1, 0.15) is 5.82 Å². The third-order valence-electron chi connectivity index (χ3n) is 4.16. The average molecular weight is 248 g/mol. The summed E-state index contributed by atoms with van der Waals surface area (Å²) in [5, 5.41) is 5.95. The Balaban J connectivity index is 1.70. The molecule has 4 heteroatoms. The molecule has 3 rings (SSSR count). The zero-order valence-corrected chi connectivity index (χ0v) is 10.2. The van der Waals surface area contributed by atoms with Gasteiger partial charge in [-0.3, -0.25) is 4.79 Å². The summed E-state index contributed by atoms with van der Waals surface area (Å²) in [5.74, 6) is 0.569. The van der Waals surface area contributed by atoms with Crippen molar-refractivity contribution in [2.45, 2.75) is 25.3 Å². The number of anilines is 1. The Hall–Kier alpha value is -1.42. The van der Waals surface area contributed by atoms with Crippen LogP contribution in [0.1, 0.15) is 19.3 Å². The standard InChI is InChI=1S/C14H17FN2O/c15-11-6-1-2-7-12(11)17-14(18)13-10-5-3-4-9(10)8-16-13/h1-2,6-7,9-10,13,16H,3-5,8H2,(H,17,18). The molecule has 2 aliphatic rings. The van der Waals surface area contributed by atoms with E-state index in [0.29, 0.717) is 11.8 Å². The summed E-state index contributed by atoms with van der Waals surface area (Å²) in [5.41, 5.74) is 0.269. The fraction of sp³-hybridized carbons (Fsp3) is 0.500. The van der Waals surface area contributed by atoms with E-state index in [9.17, 15) is 9.18 Å². The fourth-order valence-electron chi connectivity index (χ4n) is 3.25. The Bertz CT molecular complexity index is 463. The predicted molar refractivity (Wildman–Crippen MR) is 67.7 cm³/mol. The number of nitrogens with one attached hydrogen (secondary N) is 2. The quantitative estimate of drug-likeness (QED) is 0.842. The van der Waals surface area contributed by atoms with Crippen molar-refractivity contribution in [3.05, 3.63) is 30.1 Å². The third kappa shape index (κ3) is 2.01. The normalized spacial score (nSPS) is 30.2. The van der Waals surface area contributed by atoms with Gasteiger partial charge >= 0.3 is 0 Å². The molecule has 3 atom stereocenters. The lowest BCUT2D eigenvalue weighted by atomic mass is 9.93. The van der Waals surface area contributed by atoms with Gasteiger partial charge in [0, 0.05) is 0 Å². The van der Waals surface area contributed by atoms with E-state index in [2.05, 4.69) is 10.6 Å². The molecule has 1 aliphatic heterocycles. The van der Waals surface area contributed by atoms with Gasteiger partial charge < -0.3 is 10.6 Å². The number of rotatable bonds is 2. The summed E-state index contributed by atoms with van der Waals surface area (Å²) in [4.78, 5) is 12.2. The van der Waals surface area contributed by atoms with Gasteiger partial charge in [-0.15, -0.1) is 0 Å². The molecule has 1 saturated heterocycles. The van der Waals surface area contributed by atoms with E-state index in [4.69, 9.17) is 0 Å². The summed E-state index contributed by atoms with van der Waals surface area (Å²) >= 11 is 0. The van der Waals surface area contributed by atoms with Crippen molar-refractivity contribution in [3.63, 3.8) is 0 Å². The van der Waals surface area contributed by atoms with Crippen LogP contribution in [0.15, 0.2) is 24.3 Å². The van der Waals surface area contributed by atoms with Crippen LogP contribution in [0.4, 0.5) is 10.1 Å². The topological polar surface area (TPSA) is 41.1 Å². The number of para-hydroxylation sites is 1. The van der Waals surface area contributed by atoms with Crippen molar-refractivity contribution in [2.24, 2.45) is 11.8 Å². The second-order valence-corrected chi connectivity index (χ2v) is 5.21. The van der Waals surface area contributed by atoms with Crippen LogP contribution in [-0.2, 0) is 4.79 Å². The smallest absolute Gasteiger partial charge is 0.241 e. The van der Waals surface area contributed by atoms with Crippen LogP contribution < -0.4 is 10.6 Å². The Kier molecular flexibility index (Phi) is 3.04. The number of benzene rings is 1.